The summed E-state index contributed by atoms with van der Waals surface area (Å²) in [6.45, 7) is 0. The topological polar surface area (TPSA) is 51.5 Å². The summed E-state index contributed by atoms with van der Waals surface area (Å²) in [5.74, 6) is 2.51. The van der Waals surface area contributed by atoms with Crippen LogP contribution in [0, 0.1) is 0 Å². The van der Waals surface area contributed by atoms with Gasteiger partial charge in [-0.15, -0.1) is 0 Å². The average molecular weight is 361 g/mol. The molecule has 0 bridgehead atoms. The fourth-order valence-electron chi connectivity index (χ4n) is 3.63. The Morgan fingerprint density at radius 1 is 1.11 bits per heavy atom. The van der Waals surface area contributed by atoms with Gasteiger partial charge in [-0.25, -0.2) is 0 Å². The van der Waals surface area contributed by atoms with Gasteiger partial charge < -0.3 is 14.5 Å². The molecular weight excluding hydrogens is 338 g/mol. The fraction of sp³-hybridized carbons (Fsp3) is 0.261. The number of amides is 1. The standard InChI is InChI=1S/C23H23NO3/c1-26-18-9-6-17(7-10-18)22-14-11-19(27-22)12-15-23(25)24-21-13-8-16-4-2-3-5-20(16)21/h2-7,9-11,14,21H,8,12-13,15H2,1H3,(H,24,25)/t21-/m0/s1. The molecule has 4 rings (SSSR count). The minimum absolute atomic E-state index is 0.0686. The van der Waals surface area contributed by atoms with Crippen molar-refractivity contribution >= 4 is 5.91 Å². The van der Waals surface area contributed by atoms with E-state index in [9.17, 15) is 4.79 Å². The van der Waals surface area contributed by atoms with Gasteiger partial charge in [0, 0.05) is 18.4 Å². The van der Waals surface area contributed by atoms with Crippen molar-refractivity contribution in [2.45, 2.75) is 31.7 Å². The molecule has 0 fully saturated rings. The zero-order valence-corrected chi connectivity index (χ0v) is 15.4. The summed E-state index contributed by atoms with van der Waals surface area (Å²) in [6.07, 6.45) is 3.03. The zero-order chi connectivity index (χ0) is 18.6. The number of benzene rings is 2. The molecule has 1 amide bonds. The van der Waals surface area contributed by atoms with Gasteiger partial charge in [0.2, 0.25) is 5.91 Å². The molecule has 1 atom stereocenters. The second-order valence-electron chi connectivity index (χ2n) is 6.85. The molecule has 4 heteroatoms. The Bertz CT molecular complexity index is 927. The highest BCUT2D eigenvalue weighted by atomic mass is 16.5. The predicted molar refractivity (Wildman–Crippen MR) is 105 cm³/mol. The van der Waals surface area contributed by atoms with Crippen LogP contribution < -0.4 is 10.1 Å². The van der Waals surface area contributed by atoms with Gasteiger partial charge in [-0.3, -0.25) is 4.79 Å². The van der Waals surface area contributed by atoms with E-state index >= 15 is 0 Å². The number of furan rings is 1. The summed E-state index contributed by atoms with van der Waals surface area (Å²) in [5.41, 5.74) is 3.60. The molecule has 1 heterocycles. The zero-order valence-electron chi connectivity index (χ0n) is 15.4. The smallest absolute Gasteiger partial charge is 0.220 e. The highest BCUT2D eigenvalue weighted by Gasteiger charge is 2.23. The molecule has 3 aromatic rings. The molecule has 27 heavy (non-hydrogen) atoms. The molecule has 1 aliphatic rings. The second-order valence-corrected chi connectivity index (χ2v) is 6.85. The largest absolute Gasteiger partial charge is 0.497 e. The number of carbonyl (C=O) groups is 1. The van der Waals surface area contributed by atoms with Gasteiger partial charge >= 0.3 is 0 Å². The van der Waals surface area contributed by atoms with Crippen LogP contribution >= 0.6 is 0 Å². The van der Waals surface area contributed by atoms with Crippen LogP contribution in [0.15, 0.2) is 65.1 Å². The monoisotopic (exact) mass is 361 g/mol. The first kappa shape index (κ1) is 17.4. The summed E-state index contributed by atoms with van der Waals surface area (Å²) in [4.78, 5) is 12.4. The Kier molecular flexibility index (Phi) is 4.97. The van der Waals surface area contributed by atoms with E-state index in [2.05, 4.69) is 23.5 Å². The van der Waals surface area contributed by atoms with Crippen LogP contribution in [0.5, 0.6) is 5.75 Å². The Morgan fingerprint density at radius 2 is 1.93 bits per heavy atom. The van der Waals surface area contributed by atoms with Gasteiger partial charge in [0.25, 0.3) is 0 Å². The van der Waals surface area contributed by atoms with Gasteiger partial charge in [-0.2, -0.15) is 0 Å². The van der Waals surface area contributed by atoms with E-state index in [1.54, 1.807) is 7.11 Å². The highest BCUT2D eigenvalue weighted by Crippen LogP contribution is 2.31. The first-order valence-electron chi connectivity index (χ1n) is 9.33. The molecule has 0 saturated heterocycles. The number of aryl methyl sites for hydroxylation is 2. The first-order valence-corrected chi connectivity index (χ1v) is 9.33. The molecule has 0 spiro atoms. The minimum atomic E-state index is 0.0686. The second kappa shape index (κ2) is 7.70. The highest BCUT2D eigenvalue weighted by molar-refractivity contribution is 5.77. The Labute approximate surface area is 159 Å². The Morgan fingerprint density at radius 3 is 2.74 bits per heavy atom. The summed E-state index contributed by atoms with van der Waals surface area (Å²) in [6, 6.07) is 20.1. The third kappa shape index (κ3) is 3.90. The summed E-state index contributed by atoms with van der Waals surface area (Å²) in [7, 11) is 1.65. The number of carbonyl (C=O) groups excluding carboxylic acids is 1. The van der Waals surface area contributed by atoms with Crippen molar-refractivity contribution in [2.75, 3.05) is 7.11 Å². The molecule has 0 radical (unpaired) electrons. The van der Waals surface area contributed by atoms with Gasteiger partial charge in [-0.05, 0) is 60.4 Å². The molecule has 0 saturated carbocycles. The van der Waals surface area contributed by atoms with Crippen molar-refractivity contribution < 1.29 is 13.9 Å². The number of nitrogens with one attached hydrogen (secondary N) is 1. The molecule has 2 aromatic carbocycles. The molecule has 4 nitrogen and oxygen atoms in total. The SMILES string of the molecule is COc1ccc(-c2ccc(CCC(=O)N[C@H]3CCc4ccccc43)o2)cc1. The molecule has 1 aromatic heterocycles. The third-order valence-electron chi connectivity index (χ3n) is 5.10. The number of rotatable bonds is 6. The molecular formula is C23H23NO3. The number of ether oxygens (including phenoxy) is 1. The lowest BCUT2D eigenvalue weighted by molar-refractivity contribution is -0.121. The van der Waals surface area contributed by atoms with Crippen LogP contribution in [-0.4, -0.2) is 13.0 Å². The van der Waals surface area contributed by atoms with Crippen LogP contribution in [0.3, 0.4) is 0 Å². The summed E-state index contributed by atoms with van der Waals surface area (Å²) < 4.78 is 11.1. The van der Waals surface area contributed by atoms with E-state index in [0.29, 0.717) is 12.8 Å². The maximum Gasteiger partial charge on any atom is 0.220 e. The lowest BCUT2D eigenvalue weighted by Gasteiger charge is -2.13. The molecule has 1 aliphatic carbocycles. The lowest BCUT2D eigenvalue weighted by Crippen LogP contribution is -2.27. The number of methoxy groups -OCH3 is 1. The van der Waals surface area contributed by atoms with Crippen molar-refractivity contribution in [3.05, 3.63) is 77.6 Å². The van der Waals surface area contributed by atoms with E-state index in [1.165, 1.54) is 11.1 Å². The van der Waals surface area contributed by atoms with E-state index in [0.717, 1.165) is 35.7 Å². The molecule has 138 valence electrons. The van der Waals surface area contributed by atoms with Crippen molar-refractivity contribution in [3.8, 4) is 17.1 Å². The van der Waals surface area contributed by atoms with Crippen LogP contribution in [0.2, 0.25) is 0 Å². The van der Waals surface area contributed by atoms with E-state index in [-0.39, 0.29) is 11.9 Å². The van der Waals surface area contributed by atoms with Crippen LogP contribution in [0.4, 0.5) is 0 Å². The van der Waals surface area contributed by atoms with Crippen LogP contribution in [-0.2, 0) is 17.6 Å². The van der Waals surface area contributed by atoms with Crippen molar-refractivity contribution in [2.24, 2.45) is 0 Å². The van der Waals surface area contributed by atoms with Crippen molar-refractivity contribution in [1.82, 2.24) is 5.32 Å². The van der Waals surface area contributed by atoms with Crippen LogP contribution in [0.25, 0.3) is 11.3 Å². The quantitative estimate of drug-likeness (QED) is 0.693. The third-order valence-corrected chi connectivity index (χ3v) is 5.10. The Balaban J connectivity index is 1.33. The molecule has 0 unspecified atom stereocenters. The summed E-state index contributed by atoms with van der Waals surface area (Å²) >= 11 is 0. The molecule has 1 N–H and O–H groups in total. The van der Waals surface area contributed by atoms with Crippen LogP contribution in [0.1, 0.15) is 35.8 Å². The van der Waals surface area contributed by atoms with E-state index in [1.807, 2.05) is 42.5 Å². The normalized spacial score (nSPS) is 15.4. The fourth-order valence-corrected chi connectivity index (χ4v) is 3.63. The predicted octanol–water partition coefficient (Wildman–Crippen LogP) is 4.69. The van der Waals surface area contributed by atoms with Gasteiger partial charge in [0.1, 0.15) is 17.3 Å². The first-order chi connectivity index (χ1) is 13.2. The minimum Gasteiger partial charge on any atom is -0.497 e. The number of hydrogen-bond donors (Lipinski definition) is 1. The molecule has 0 aliphatic heterocycles. The number of fused-ring (bicyclic) bond motifs is 1. The van der Waals surface area contributed by atoms with E-state index in [4.69, 9.17) is 9.15 Å². The van der Waals surface area contributed by atoms with Gasteiger partial charge in [-0.1, -0.05) is 24.3 Å². The number of hydrogen-bond acceptors (Lipinski definition) is 3. The van der Waals surface area contributed by atoms with Gasteiger partial charge in [0.15, 0.2) is 0 Å². The Hall–Kier alpha value is -3.01. The average Bonchev–Trinajstić information content (AvgIpc) is 3.34. The van der Waals surface area contributed by atoms with Crippen molar-refractivity contribution in [3.63, 3.8) is 0 Å². The lowest BCUT2D eigenvalue weighted by atomic mass is 10.1. The summed E-state index contributed by atoms with van der Waals surface area (Å²) in [5, 5.41) is 3.16. The van der Waals surface area contributed by atoms with Crippen molar-refractivity contribution in [1.29, 1.82) is 0 Å². The maximum atomic E-state index is 12.4. The van der Waals surface area contributed by atoms with Gasteiger partial charge in [0.05, 0.1) is 13.2 Å². The van der Waals surface area contributed by atoms with E-state index < -0.39 is 0 Å². The maximum absolute atomic E-state index is 12.4.